The molecule has 2 N–H and O–H groups in total. The Morgan fingerprint density at radius 1 is 1.36 bits per heavy atom. The van der Waals surface area contributed by atoms with Crippen LogP contribution in [-0.4, -0.2) is 26.7 Å². The van der Waals surface area contributed by atoms with E-state index in [-0.39, 0.29) is 17.9 Å². The molecule has 5 nitrogen and oxygen atoms in total. The van der Waals surface area contributed by atoms with Crippen LogP contribution in [-0.2, 0) is 4.79 Å². The summed E-state index contributed by atoms with van der Waals surface area (Å²) in [5, 5.41) is 12.8. The van der Waals surface area contributed by atoms with Gasteiger partial charge < -0.3 is 15.0 Å². The van der Waals surface area contributed by atoms with Gasteiger partial charge in [0, 0.05) is 18.1 Å². The van der Waals surface area contributed by atoms with Gasteiger partial charge in [-0.1, -0.05) is 12.1 Å². The van der Waals surface area contributed by atoms with E-state index in [1.54, 1.807) is 12.5 Å². The lowest BCUT2D eigenvalue weighted by Crippen LogP contribution is -2.36. The number of benzene rings is 1. The molecular formula is C17H21N3O2. The molecule has 0 saturated heterocycles. The number of aliphatic hydroxyl groups excluding tert-OH is 1. The molecule has 1 amide bonds. The minimum atomic E-state index is -0.490. The zero-order chi connectivity index (χ0) is 15.5. The summed E-state index contributed by atoms with van der Waals surface area (Å²) in [6.45, 7) is 1.96. The maximum Gasteiger partial charge on any atom is 0.226 e. The Labute approximate surface area is 130 Å². The van der Waals surface area contributed by atoms with E-state index in [1.165, 1.54) is 0 Å². The van der Waals surface area contributed by atoms with Gasteiger partial charge in [-0.2, -0.15) is 0 Å². The van der Waals surface area contributed by atoms with Crippen molar-refractivity contribution in [1.82, 2.24) is 14.9 Å². The molecule has 1 aliphatic rings. The number of nitrogens with zero attached hydrogens (tertiary/aromatic N) is 2. The summed E-state index contributed by atoms with van der Waals surface area (Å²) in [7, 11) is 0. The highest BCUT2D eigenvalue weighted by molar-refractivity contribution is 5.80. The van der Waals surface area contributed by atoms with E-state index in [1.807, 2.05) is 42.0 Å². The van der Waals surface area contributed by atoms with E-state index in [4.69, 9.17) is 0 Å². The first-order valence-electron chi connectivity index (χ1n) is 7.72. The van der Waals surface area contributed by atoms with Crippen LogP contribution in [0, 0.1) is 5.92 Å². The zero-order valence-corrected chi connectivity index (χ0v) is 12.6. The summed E-state index contributed by atoms with van der Waals surface area (Å²) in [4.78, 5) is 16.2. The molecule has 5 heteroatoms. The Bertz CT molecular complexity index is 622. The molecule has 1 saturated carbocycles. The van der Waals surface area contributed by atoms with Gasteiger partial charge in [0.1, 0.15) is 0 Å². The van der Waals surface area contributed by atoms with Crippen LogP contribution in [0.2, 0.25) is 0 Å². The lowest BCUT2D eigenvalue weighted by atomic mass is 10.0. The van der Waals surface area contributed by atoms with Gasteiger partial charge in [0.2, 0.25) is 5.91 Å². The summed E-state index contributed by atoms with van der Waals surface area (Å²) in [5.41, 5.74) is 2.08. The second-order valence-corrected chi connectivity index (χ2v) is 5.90. The molecule has 1 fully saturated rings. The van der Waals surface area contributed by atoms with Gasteiger partial charge in [-0.05, 0) is 43.9 Å². The van der Waals surface area contributed by atoms with Crippen molar-refractivity contribution >= 4 is 5.91 Å². The molecule has 3 unspecified atom stereocenters. The minimum absolute atomic E-state index is 0.0452. The van der Waals surface area contributed by atoms with Crippen LogP contribution in [0.15, 0.2) is 43.0 Å². The van der Waals surface area contributed by atoms with E-state index in [9.17, 15) is 9.90 Å². The van der Waals surface area contributed by atoms with Crippen molar-refractivity contribution in [2.75, 3.05) is 0 Å². The van der Waals surface area contributed by atoms with E-state index >= 15 is 0 Å². The number of carbonyl (C=O) groups is 1. The molecule has 0 bridgehead atoms. The number of hydrogen-bond acceptors (Lipinski definition) is 3. The van der Waals surface area contributed by atoms with Crippen molar-refractivity contribution in [3.63, 3.8) is 0 Å². The van der Waals surface area contributed by atoms with Crippen molar-refractivity contribution in [3.05, 3.63) is 48.5 Å². The Hall–Kier alpha value is -2.14. The molecule has 1 heterocycles. The third-order valence-corrected chi connectivity index (χ3v) is 4.37. The van der Waals surface area contributed by atoms with Gasteiger partial charge in [-0.3, -0.25) is 4.79 Å². The lowest BCUT2D eigenvalue weighted by Gasteiger charge is -2.19. The number of nitrogens with one attached hydrogen (secondary N) is 1. The lowest BCUT2D eigenvalue weighted by molar-refractivity contribution is -0.128. The molecule has 1 aromatic heterocycles. The predicted molar refractivity (Wildman–Crippen MR) is 83.5 cm³/mol. The van der Waals surface area contributed by atoms with Gasteiger partial charge in [0.05, 0.1) is 24.4 Å². The monoisotopic (exact) mass is 299 g/mol. The van der Waals surface area contributed by atoms with Crippen LogP contribution < -0.4 is 5.32 Å². The van der Waals surface area contributed by atoms with E-state index in [0.29, 0.717) is 0 Å². The number of rotatable bonds is 4. The Balaban J connectivity index is 1.65. The van der Waals surface area contributed by atoms with Gasteiger partial charge in [0.25, 0.3) is 0 Å². The van der Waals surface area contributed by atoms with Crippen molar-refractivity contribution in [2.45, 2.75) is 38.3 Å². The zero-order valence-electron chi connectivity index (χ0n) is 12.6. The second-order valence-electron chi connectivity index (χ2n) is 5.90. The molecule has 3 atom stereocenters. The molecular weight excluding hydrogens is 278 g/mol. The van der Waals surface area contributed by atoms with Gasteiger partial charge in [-0.25, -0.2) is 4.98 Å². The summed E-state index contributed by atoms with van der Waals surface area (Å²) in [6, 6.07) is 7.95. The standard InChI is InChI=1S/C17H21N3O2/c1-12(19-17(22)15-3-2-4-16(15)21)13-5-7-14(8-6-13)20-10-9-18-11-20/h5-12,15-16,21H,2-4H2,1H3,(H,19,22). The van der Waals surface area contributed by atoms with Gasteiger partial charge in [0.15, 0.2) is 0 Å². The fourth-order valence-corrected chi connectivity index (χ4v) is 3.00. The highest BCUT2D eigenvalue weighted by Gasteiger charge is 2.31. The first-order chi connectivity index (χ1) is 10.6. The molecule has 3 rings (SSSR count). The normalized spacial score (nSPS) is 22.5. The largest absolute Gasteiger partial charge is 0.392 e. The Kier molecular flexibility index (Phi) is 4.24. The fraction of sp³-hybridized carbons (Fsp3) is 0.412. The Morgan fingerprint density at radius 3 is 2.73 bits per heavy atom. The minimum Gasteiger partial charge on any atom is -0.392 e. The van der Waals surface area contributed by atoms with Crippen LogP contribution in [0.5, 0.6) is 0 Å². The van der Waals surface area contributed by atoms with E-state index in [2.05, 4.69) is 10.3 Å². The van der Waals surface area contributed by atoms with Crippen molar-refractivity contribution < 1.29 is 9.90 Å². The van der Waals surface area contributed by atoms with Crippen LogP contribution in [0.1, 0.15) is 37.8 Å². The van der Waals surface area contributed by atoms with E-state index < -0.39 is 6.10 Å². The van der Waals surface area contributed by atoms with Crippen LogP contribution in [0.3, 0.4) is 0 Å². The maximum absolute atomic E-state index is 12.2. The SMILES string of the molecule is CC(NC(=O)C1CCCC1O)c1ccc(-n2ccnc2)cc1. The number of aliphatic hydroxyl groups is 1. The summed E-state index contributed by atoms with van der Waals surface area (Å²) in [5.74, 6) is -0.302. The smallest absolute Gasteiger partial charge is 0.226 e. The van der Waals surface area contributed by atoms with Crippen LogP contribution in [0.25, 0.3) is 5.69 Å². The highest BCUT2D eigenvalue weighted by atomic mass is 16.3. The number of imidazole rings is 1. The molecule has 0 aliphatic heterocycles. The molecule has 22 heavy (non-hydrogen) atoms. The van der Waals surface area contributed by atoms with Gasteiger partial charge in [-0.15, -0.1) is 0 Å². The summed E-state index contributed by atoms with van der Waals surface area (Å²) in [6.07, 6.45) is 7.32. The predicted octanol–water partition coefficient (Wildman–Crippen LogP) is 2.21. The second kappa shape index (κ2) is 6.32. The number of amides is 1. The maximum atomic E-state index is 12.2. The highest BCUT2D eigenvalue weighted by Crippen LogP contribution is 2.26. The first-order valence-corrected chi connectivity index (χ1v) is 7.72. The van der Waals surface area contributed by atoms with Gasteiger partial charge >= 0.3 is 0 Å². The fourth-order valence-electron chi connectivity index (χ4n) is 3.00. The molecule has 0 spiro atoms. The average Bonchev–Trinajstić information content (AvgIpc) is 3.18. The van der Waals surface area contributed by atoms with Crippen LogP contribution in [0.4, 0.5) is 0 Å². The topological polar surface area (TPSA) is 67.2 Å². The van der Waals surface area contributed by atoms with Crippen LogP contribution >= 0.6 is 0 Å². The average molecular weight is 299 g/mol. The van der Waals surface area contributed by atoms with Crippen molar-refractivity contribution in [3.8, 4) is 5.69 Å². The third kappa shape index (κ3) is 3.04. The number of hydrogen-bond donors (Lipinski definition) is 2. The van der Waals surface area contributed by atoms with Crippen molar-refractivity contribution in [2.24, 2.45) is 5.92 Å². The number of carbonyl (C=O) groups excluding carboxylic acids is 1. The third-order valence-electron chi connectivity index (χ3n) is 4.37. The molecule has 1 aliphatic carbocycles. The first kappa shape index (κ1) is 14.8. The molecule has 1 aromatic carbocycles. The van der Waals surface area contributed by atoms with E-state index in [0.717, 1.165) is 30.5 Å². The number of aromatic nitrogens is 2. The Morgan fingerprint density at radius 2 is 2.14 bits per heavy atom. The molecule has 2 aromatic rings. The summed E-state index contributed by atoms with van der Waals surface area (Å²) >= 11 is 0. The van der Waals surface area contributed by atoms with Crippen molar-refractivity contribution in [1.29, 1.82) is 0 Å². The summed E-state index contributed by atoms with van der Waals surface area (Å²) < 4.78 is 1.93. The molecule has 0 radical (unpaired) electrons. The molecule has 116 valence electrons. The quantitative estimate of drug-likeness (QED) is 0.909.